The number of aryl methyl sites for hydroxylation is 1. The molecule has 0 unspecified atom stereocenters. The molecule has 2 heterocycles. The van der Waals surface area contributed by atoms with Gasteiger partial charge in [-0.15, -0.1) is 0 Å². The van der Waals surface area contributed by atoms with Gasteiger partial charge in [-0.2, -0.15) is 0 Å². The number of anilines is 1. The van der Waals surface area contributed by atoms with Gasteiger partial charge < -0.3 is 19.4 Å². The normalized spacial score (nSPS) is 18.8. The van der Waals surface area contributed by atoms with E-state index in [1.165, 1.54) is 5.56 Å². The van der Waals surface area contributed by atoms with Gasteiger partial charge in [-0.1, -0.05) is 6.07 Å². The van der Waals surface area contributed by atoms with Gasteiger partial charge in [-0.3, -0.25) is 4.79 Å². The quantitative estimate of drug-likeness (QED) is 0.845. The summed E-state index contributed by atoms with van der Waals surface area (Å²) in [5.41, 5.74) is 2.34. The highest BCUT2D eigenvalue weighted by molar-refractivity contribution is 5.77. The molecular formula is C17H25N3O2. The van der Waals surface area contributed by atoms with Gasteiger partial charge in [0.2, 0.25) is 5.91 Å². The Labute approximate surface area is 132 Å². The van der Waals surface area contributed by atoms with Crippen LogP contribution in [0.5, 0.6) is 5.75 Å². The van der Waals surface area contributed by atoms with Crippen LogP contribution < -0.4 is 9.64 Å². The summed E-state index contributed by atoms with van der Waals surface area (Å²) in [4.78, 5) is 18.9. The van der Waals surface area contributed by atoms with E-state index in [0.29, 0.717) is 13.0 Å². The molecule has 0 spiro atoms. The minimum Gasteiger partial charge on any atom is -0.490 e. The van der Waals surface area contributed by atoms with Crippen LogP contribution >= 0.6 is 0 Å². The maximum absolute atomic E-state index is 12.4. The number of nitrogens with zero attached hydrogens (tertiary/aromatic N) is 3. The van der Waals surface area contributed by atoms with E-state index in [-0.39, 0.29) is 5.91 Å². The van der Waals surface area contributed by atoms with Crippen molar-refractivity contribution in [2.75, 3.05) is 57.8 Å². The summed E-state index contributed by atoms with van der Waals surface area (Å²) in [6.07, 6.45) is 0.580. The zero-order valence-electron chi connectivity index (χ0n) is 13.5. The number of ether oxygens (including phenoxy) is 1. The van der Waals surface area contributed by atoms with Crippen LogP contribution in [-0.4, -0.2) is 68.6 Å². The minimum atomic E-state index is 0.272. The van der Waals surface area contributed by atoms with E-state index in [0.717, 1.165) is 50.7 Å². The zero-order valence-corrected chi connectivity index (χ0v) is 13.5. The van der Waals surface area contributed by atoms with Crippen molar-refractivity contribution in [1.82, 2.24) is 9.80 Å². The Balaban J connectivity index is 1.58. The second-order valence-electron chi connectivity index (χ2n) is 6.24. The van der Waals surface area contributed by atoms with Crippen LogP contribution in [-0.2, 0) is 4.79 Å². The molecule has 2 aliphatic rings. The number of amides is 1. The fraction of sp³-hybridized carbons (Fsp3) is 0.588. The molecule has 1 saturated heterocycles. The van der Waals surface area contributed by atoms with Crippen LogP contribution in [0.1, 0.15) is 12.0 Å². The van der Waals surface area contributed by atoms with Gasteiger partial charge in [0.25, 0.3) is 0 Å². The summed E-state index contributed by atoms with van der Waals surface area (Å²) in [5.74, 6) is 1.21. The number of fused-ring (bicyclic) bond motifs is 1. The molecule has 0 atom stereocenters. The molecule has 5 heteroatoms. The van der Waals surface area contributed by atoms with Crippen molar-refractivity contribution in [3.63, 3.8) is 0 Å². The van der Waals surface area contributed by atoms with Gasteiger partial charge in [0.15, 0.2) is 0 Å². The third-order valence-corrected chi connectivity index (χ3v) is 4.53. The Hall–Kier alpha value is -1.75. The molecular weight excluding hydrogens is 278 g/mol. The Morgan fingerprint density at radius 1 is 1.18 bits per heavy atom. The number of piperazine rings is 1. The van der Waals surface area contributed by atoms with E-state index in [2.05, 4.69) is 35.9 Å². The third-order valence-electron chi connectivity index (χ3n) is 4.53. The van der Waals surface area contributed by atoms with Crippen molar-refractivity contribution in [2.24, 2.45) is 0 Å². The summed E-state index contributed by atoms with van der Waals surface area (Å²) in [7, 11) is 2.11. The summed E-state index contributed by atoms with van der Waals surface area (Å²) < 4.78 is 5.70. The van der Waals surface area contributed by atoms with Crippen LogP contribution in [0.3, 0.4) is 0 Å². The predicted molar refractivity (Wildman–Crippen MR) is 87.6 cm³/mol. The monoisotopic (exact) mass is 303 g/mol. The van der Waals surface area contributed by atoms with Crippen LogP contribution in [0.25, 0.3) is 0 Å². The van der Waals surface area contributed by atoms with Crippen molar-refractivity contribution >= 4 is 11.6 Å². The lowest BCUT2D eigenvalue weighted by molar-refractivity contribution is -0.132. The van der Waals surface area contributed by atoms with Crippen molar-refractivity contribution < 1.29 is 9.53 Å². The fourth-order valence-corrected chi connectivity index (χ4v) is 3.06. The minimum absolute atomic E-state index is 0.272. The third kappa shape index (κ3) is 3.35. The zero-order chi connectivity index (χ0) is 15.5. The van der Waals surface area contributed by atoms with E-state index in [4.69, 9.17) is 4.74 Å². The molecule has 2 aliphatic heterocycles. The van der Waals surface area contributed by atoms with E-state index in [1.807, 2.05) is 11.0 Å². The maximum Gasteiger partial charge on any atom is 0.224 e. The fourth-order valence-electron chi connectivity index (χ4n) is 3.06. The lowest BCUT2D eigenvalue weighted by Crippen LogP contribution is -2.48. The Bertz CT molecular complexity index is 539. The van der Waals surface area contributed by atoms with Crippen molar-refractivity contribution in [2.45, 2.75) is 13.3 Å². The Kier molecular flexibility index (Phi) is 4.52. The molecule has 1 fully saturated rings. The van der Waals surface area contributed by atoms with E-state index in [1.54, 1.807) is 0 Å². The largest absolute Gasteiger partial charge is 0.490 e. The van der Waals surface area contributed by atoms with Gasteiger partial charge in [0.05, 0.1) is 12.2 Å². The first-order valence-electron chi connectivity index (χ1n) is 8.08. The molecule has 3 rings (SSSR count). The first-order chi connectivity index (χ1) is 10.6. The van der Waals surface area contributed by atoms with Gasteiger partial charge in [-0.25, -0.2) is 0 Å². The molecule has 1 aromatic rings. The summed E-state index contributed by atoms with van der Waals surface area (Å²) in [6.45, 7) is 8.07. The van der Waals surface area contributed by atoms with Crippen LogP contribution in [0.2, 0.25) is 0 Å². The van der Waals surface area contributed by atoms with Gasteiger partial charge in [-0.05, 0) is 31.7 Å². The molecule has 0 aliphatic carbocycles. The number of likely N-dealkylation sites (N-methyl/N-ethyl adjacent to an activating group) is 1. The van der Waals surface area contributed by atoms with E-state index >= 15 is 0 Å². The standard InChI is InChI=1S/C17H25N3O2/c1-14-3-4-16-15(13-14)19(11-12-22-16)6-5-17(21)20-9-7-18(2)8-10-20/h3-4,13H,5-12H2,1-2H3. The topological polar surface area (TPSA) is 36.0 Å². The lowest BCUT2D eigenvalue weighted by atomic mass is 10.1. The van der Waals surface area contributed by atoms with Crippen LogP contribution in [0.15, 0.2) is 18.2 Å². The highest BCUT2D eigenvalue weighted by Gasteiger charge is 2.22. The molecule has 120 valence electrons. The average molecular weight is 303 g/mol. The van der Waals surface area contributed by atoms with Crippen LogP contribution in [0, 0.1) is 6.92 Å². The molecule has 1 amide bonds. The summed E-state index contributed by atoms with van der Waals surface area (Å²) >= 11 is 0. The molecule has 22 heavy (non-hydrogen) atoms. The number of hydrogen-bond acceptors (Lipinski definition) is 4. The van der Waals surface area contributed by atoms with Crippen molar-refractivity contribution in [1.29, 1.82) is 0 Å². The number of hydrogen-bond donors (Lipinski definition) is 0. The molecule has 0 N–H and O–H groups in total. The van der Waals surface area contributed by atoms with Gasteiger partial charge >= 0.3 is 0 Å². The maximum atomic E-state index is 12.4. The number of rotatable bonds is 3. The summed E-state index contributed by atoms with van der Waals surface area (Å²) in [6, 6.07) is 6.24. The van der Waals surface area contributed by atoms with Crippen LogP contribution in [0.4, 0.5) is 5.69 Å². The smallest absolute Gasteiger partial charge is 0.224 e. The van der Waals surface area contributed by atoms with E-state index in [9.17, 15) is 4.79 Å². The first-order valence-corrected chi connectivity index (χ1v) is 8.08. The highest BCUT2D eigenvalue weighted by Crippen LogP contribution is 2.32. The van der Waals surface area contributed by atoms with Gasteiger partial charge in [0, 0.05) is 39.1 Å². The van der Waals surface area contributed by atoms with Gasteiger partial charge in [0.1, 0.15) is 12.4 Å². The van der Waals surface area contributed by atoms with E-state index < -0.39 is 0 Å². The average Bonchev–Trinajstić information content (AvgIpc) is 2.53. The van der Waals surface area contributed by atoms with Crippen molar-refractivity contribution in [3.05, 3.63) is 23.8 Å². The Morgan fingerprint density at radius 3 is 2.73 bits per heavy atom. The second kappa shape index (κ2) is 6.57. The number of carbonyl (C=O) groups is 1. The molecule has 0 aromatic heterocycles. The molecule has 5 nitrogen and oxygen atoms in total. The molecule has 0 radical (unpaired) electrons. The molecule has 0 saturated carbocycles. The molecule has 1 aromatic carbocycles. The lowest BCUT2D eigenvalue weighted by Gasteiger charge is -2.34. The first kappa shape index (κ1) is 15.2. The molecule has 0 bridgehead atoms. The second-order valence-corrected chi connectivity index (χ2v) is 6.24. The number of carbonyl (C=O) groups excluding carboxylic acids is 1. The number of benzene rings is 1. The Morgan fingerprint density at radius 2 is 1.95 bits per heavy atom. The summed E-state index contributed by atoms with van der Waals surface area (Å²) in [5, 5.41) is 0. The van der Waals surface area contributed by atoms with Crippen molar-refractivity contribution in [3.8, 4) is 5.75 Å². The SMILES string of the molecule is Cc1ccc2c(c1)N(CCC(=O)N1CCN(C)CC1)CCO2. The highest BCUT2D eigenvalue weighted by atomic mass is 16.5. The predicted octanol–water partition coefficient (Wildman–Crippen LogP) is 1.36.